The van der Waals surface area contributed by atoms with E-state index in [1.807, 2.05) is 48.2 Å². The topological polar surface area (TPSA) is 36.4 Å². The summed E-state index contributed by atoms with van der Waals surface area (Å²) >= 11 is 6.24. The van der Waals surface area contributed by atoms with Crippen molar-refractivity contribution in [3.05, 3.63) is 58.9 Å². The summed E-state index contributed by atoms with van der Waals surface area (Å²) < 4.78 is 0. The number of rotatable bonds is 2. The summed E-state index contributed by atoms with van der Waals surface area (Å²) in [4.78, 5) is 20.8. The van der Waals surface area contributed by atoms with Crippen LogP contribution in [0.3, 0.4) is 0 Å². The molecule has 0 radical (unpaired) electrons. The predicted octanol–water partition coefficient (Wildman–Crippen LogP) is 3.01. The number of anilines is 1. The van der Waals surface area contributed by atoms with E-state index in [1.54, 1.807) is 6.20 Å². The molecule has 0 atom stereocenters. The lowest BCUT2D eigenvalue weighted by atomic mass is 10.2. The van der Waals surface area contributed by atoms with E-state index < -0.39 is 0 Å². The lowest BCUT2D eigenvalue weighted by Crippen LogP contribution is -2.48. The lowest BCUT2D eigenvalue weighted by molar-refractivity contribution is 0.0746. The molecule has 0 spiro atoms. The number of halogens is 1. The van der Waals surface area contributed by atoms with Gasteiger partial charge in [-0.2, -0.15) is 0 Å². The minimum atomic E-state index is 0.0475. The van der Waals surface area contributed by atoms with Gasteiger partial charge in [-0.05, 0) is 31.2 Å². The maximum Gasteiger partial charge on any atom is 0.255 e. The van der Waals surface area contributed by atoms with Gasteiger partial charge in [0.15, 0.2) is 0 Å². The van der Waals surface area contributed by atoms with E-state index in [0.29, 0.717) is 18.7 Å². The Balaban J connectivity index is 1.65. The third-order valence-electron chi connectivity index (χ3n) is 3.92. The molecule has 1 aromatic heterocycles. The third-order valence-corrected chi connectivity index (χ3v) is 4.24. The smallest absolute Gasteiger partial charge is 0.255 e. The molecule has 4 nitrogen and oxygen atoms in total. The number of carbonyl (C=O) groups is 1. The van der Waals surface area contributed by atoms with Crippen molar-refractivity contribution in [3.63, 3.8) is 0 Å². The summed E-state index contributed by atoms with van der Waals surface area (Å²) in [7, 11) is 0. The van der Waals surface area contributed by atoms with E-state index in [-0.39, 0.29) is 5.91 Å². The lowest BCUT2D eigenvalue weighted by Gasteiger charge is -2.36. The van der Waals surface area contributed by atoms with Crippen molar-refractivity contribution in [3.8, 4) is 0 Å². The fourth-order valence-corrected chi connectivity index (χ4v) is 2.89. The number of benzene rings is 1. The van der Waals surface area contributed by atoms with Gasteiger partial charge < -0.3 is 9.80 Å². The molecule has 1 amide bonds. The zero-order valence-electron chi connectivity index (χ0n) is 12.5. The number of hydrogen-bond donors (Lipinski definition) is 0. The highest BCUT2D eigenvalue weighted by atomic mass is 35.5. The van der Waals surface area contributed by atoms with Crippen molar-refractivity contribution in [1.82, 2.24) is 9.88 Å². The first-order valence-corrected chi connectivity index (χ1v) is 7.74. The SMILES string of the molecule is Cc1ccc(C(=O)N2CCN(c3ccccc3Cl)CC2)cn1. The average Bonchev–Trinajstić information content (AvgIpc) is 2.56. The number of aryl methyl sites for hydroxylation is 1. The first-order chi connectivity index (χ1) is 10.6. The molecule has 0 bridgehead atoms. The molecule has 5 heteroatoms. The Morgan fingerprint density at radius 3 is 2.45 bits per heavy atom. The molecule has 2 heterocycles. The molecule has 1 aliphatic rings. The van der Waals surface area contributed by atoms with Gasteiger partial charge in [0, 0.05) is 38.1 Å². The molecule has 1 aliphatic heterocycles. The first-order valence-electron chi connectivity index (χ1n) is 7.36. The van der Waals surface area contributed by atoms with Gasteiger partial charge in [0.2, 0.25) is 0 Å². The van der Waals surface area contributed by atoms with E-state index >= 15 is 0 Å². The van der Waals surface area contributed by atoms with E-state index in [9.17, 15) is 4.79 Å². The highest BCUT2D eigenvalue weighted by Gasteiger charge is 2.23. The van der Waals surface area contributed by atoms with Crippen LogP contribution >= 0.6 is 11.6 Å². The summed E-state index contributed by atoms with van der Waals surface area (Å²) in [5.74, 6) is 0.0475. The van der Waals surface area contributed by atoms with Gasteiger partial charge in [-0.1, -0.05) is 23.7 Å². The maximum atomic E-state index is 12.5. The summed E-state index contributed by atoms with van der Waals surface area (Å²) in [6.45, 7) is 4.87. The molecule has 1 saturated heterocycles. The molecule has 1 fully saturated rings. The Morgan fingerprint density at radius 1 is 1.09 bits per heavy atom. The standard InChI is InChI=1S/C17H18ClN3O/c1-13-6-7-14(12-19-13)17(22)21-10-8-20(9-11-21)16-5-3-2-4-15(16)18/h2-7,12H,8-11H2,1H3. The monoisotopic (exact) mass is 315 g/mol. The maximum absolute atomic E-state index is 12.5. The molecule has 2 aromatic rings. The van der Waals surface area contributed by atoms with Crippen LogP contribution in [0.4, 0.5) is 5.69 Å². The normalized spacial score (nSPS) is 15.0. The first kappa shape index (κ1) is 14.9. The van der Waals surface area contributed by atoms with Crippen molar-refractivity contribution >= 4 is 23.2 Å². The van der Waals surface area contributed by atoms with Crippen LogP contribution in [0.1, 0.15) is 16.1 Å². The largest absolute Gasteiger partial charge is 0.367 e. The van der Waals surface area contributed by atoms with Crippen LogP contribution in [0.25, 0.3) is 0 Å². The van der Waals surface area contributed by atoms with Gasteiger partial charge in [0.1, 0.15) is 0 Å². The van der Waals surface area contributed by atoms with Crippen LogP contribution in [0.5, 0.6) is 0 Å². The number of nitrogens with zero attached hydrogens (tertiary/aromatic N) is 3. The Bertz CT molecular complexity index is 664. The van der Waals surface area contributed by atoms with Crippen LogP contribution in [-0.2, 0) is 0 Å². The Kier molecular flexibility index (Phi) is 4.29. The van der Waals surface area contributed by atoms with E-state index in [1.165, 1.54) is 0 Å². The van der Waals surface area contributed by atoms with Gasteiger partial charge in [-0.3, -0.25) is 9.78 Å². The second-order valence-corrected chi connectivity index (χ2v) is 5.83. The van der Waals surface area contributed by atoms with Gasteiger partial charge in [-0.25, -0.2) is 0 Å². The van der Waals surface area contributed by atoms with Crippen molar-refractivity contribution in [2.75, 3.05) is 31.1 Å². The molecule has 0 N–H and O–H groups in total. The van der Waals surface area contributed by atoms with Gasteiger partial charge in [0.05, 0.1) is 16.3 Å². The highest BCUT2D eigenvalue weighted by Crippen LogP contribution is 2.26. The summed E-state index contributed by atoms with van der Waals surface area (Å²) in [6.07, 6.45) is 1.65. The van der Waals surface area contributed by atoms with E-state index in [0.717, 1.165) is 29.5 Å². The number of carbonyl (C=O) groups excluding carboxylic acids is 1. The number of piperazine rings is 1. The van der Waals surface area contributed by atoms with Crippen molar-refractivity contribution in [2.24, 2.45) is 0 Å². The van der Waals surface area contributed by atoms with E-state index in [2.05, 4.69) is 9.88 Å². The number of aromatic nitrogens is 1. The molecule has 3 rings (SSSR count). The fraction of sp³-hybridized carbons (Fsp3) is 0.294. The molecule has 0 unspecified atom stereocenters. The van der Waals surface area contributed by atoms with Crippen molar-refractivity contribution in [1.29, 1.82) is 0 Å². The van der Waals surface area contributed by atoms with E-state index in [4.69, 9.17) is 11.6 Å². The number of amides is 1. The highest BCUT2D eigenvalue weighted by molar-refractivity contribution is 6.33. The fourth-order valence-electron chi connectivity index (χ4n) is 2.64. The van der Waals surface area contributed by atoms with Crippen molar-refractivity contribution < 1.29 is 4.79 Å². The number of pyridine rings is 1. The number of para-hydroxylation sites is 1. The van der Waals surface area contributed by atoms with Crippen LogP contribution in [-0.4, -0.2) is 42.0 Å². The molecule has 0 aliphatic carbocycles. The molecule has 22 heavy (non-hydrogen) atoms. The third kappa shape index (κ3) is 3.07. The molecule has 0 saturated carbocycles. The van der Waals surface area contributed by atoms with Gasteiger partial charge in [-0.15, -0.1) is 0 Å². The quantitative estimate of drug-likeness (QED) is 0.855. The predicted molar refractivity (Wildman–Crippen MR) is 88.5 cm³/mol. The van der Waals surface area contributed by atoms with Crippen LogP contribution in [0, 0.1) is 6.92 Å². The van der Waals surface area contributed by atoms with Gasteiger partial charge >= 0.3 is 0 Å². The zero-order chi connectivity index (χ0) is 15.5. The van der Waals surface area contributed by atoms with Gasteiger partial charge in [0.25, 0.3) is 5.91 Å². The average molecular weight is 316 g/mol. The minimum absolute atomic E-state index is 0.0475. The Morgan fingerprint density at radius 2 is 1.82 bits per heavy atom. The molecule has 114 valence electrons. The molecule has 1 aromatic carbocycles. The molecular weight excluding hydrogens is 298 g/mol. The number of hydrogen-bond acceptors (Lipinski definition) is 3. The Hall–Kier alpha value is -2.07. The Labute approximate surface area is 135 Å². The van der Waals surface area contributed by atoms with Crippen LogP contribution in [0.15, 0.2) is 42.6 Å². The second-order valence-electron chi connectivity index (χ2n) is 5.42. The van der Waals surface area contributed by atoms with Crippen LogP contribution < -0.4 is 4.90 Å². The summed E-state index contributed by atoms with van der Waals surface area (Å²) in [5.41, 5.74) is 2.60. The zero-order valence-corrected chi connectivity index (χ0v) is 13.3. The van der Waals surface area contributed by atoms with Crippen LogP contribution in [0.2, 0.25) is 5.02 Å². The molecular formula is C17H18ClN3O. The summed E-state index contributed by atoms with van der Waals surface area (Å²) in [5, 5.41) is 0.755. The van der Waals surface area contributed by atoms with Crippen molar-refractivity contribution in [2.45, 2.75) is 6.92 Å². The summed E-state index contributed by atoms with van der Waals surface area (Å²) in [6, 6.07) is 11.5. The second kappa shape index (κ2) is 6.36. The minimum Gasteiger partial charge on any atom is -0.367 e.